The second-order valence-electron chi connectivity index (χ2n) is 7.45. The molecule has 1 aromatic carbocycles. The molecule has 0 unspecified atom stereocenters. The van der Waals surface area contributed by atoms with E-state index < -0.39 is 0 Å². The van der Waals surface area contributed by atoms with Crippen LogP contribution in [-0.4, -0.2) is 49.6 Å². The molecule has 1 saturated heterocycles. The van der Waals surface area contributed by atoms with Gasteiger partial charge in [-0.2, -0.15) is 0 Å². The molecular weight excluding hydrogens is 338 g/mol. The summed E-state index contributed by atoms with van der Waals surface area (Å²) in [5.41, 5.74) is 3.68. The summed E-state index contributed by atoms with van der Waals surface area (Å²) in [6, 6.07) is 11.4. The van der Waals surface area contributed by atoms with Crippen LogP contribution in [-0.2, 0) is 13.1 Å². The molecule has 2 heterocycles. The number of benzene rings is 1. The second-order valence-corrected chi connectivity index (χ2v) is 7.45. The molecule has 0 amide bonds. The number of aromatic nitrogens is 1. The standard InChI is InChI=1S/C22H31N3O2/c1-24(2)15-17-8-10-18(11-9-17)20-7-5-6-14-25(20)16-19-22(27-4)21(26-3)12-13-23-19/h8-13,20H,5-7,14-16H2,1-4H3/t20-/m0/s1. The molecule has 146 valence electrons. The number of methoxy groups -OCH3 is 2. The number of hydrogen-bond acceptors (Lipinski definition) is 5. The zero-order chi connectivity index (χ0) is 19.2. The third-order valence-corrected chi connectivity index (χ3v) is 5.20. The normalized spacial score (nSPS) is 17.9. The van der Waals surface area contributed by atoms with E-state index in [0.717, 1.165) is 36.8 Å². The summed E-state index contributed by atoms with van der Waals surface area (Å²) in [5.74, 6) is 1.48. The van der Waals surface area contributed by atoms with Crippen molar-refractivity contribution in [3.05, 3.63) is 53.3 Å². The van der Waals surface area contributed by atoms with Crippen molar-refractivity contribution in [1.82, 2.24) is 14.8 Å². The number of hydrogen-bond donors (Lipinski definition) is 0. The maximum Gasteiger partial charge on any atom is 0.183 e. The van der Waals surface area contributed by atoms with Crippen LogP contribution in [0.25, 0.3) is 0 Å². The maximum absolute atomic E-state index is 5.58. The van der Waals surface area contributed by atoms with Gasteiger partial charge in [0, 0.05) is 31.4 Å². The number of rotatable bonds is 7. The van der Waals surface area contributed by atoms with E-state index in [0.29, 0.717) is 6.04 Å². The highest BCUT2D eigenvalue weighted by atomic mass is 16.5. The van der Waals surface area contributed by atoms with Crippen molar-refractivity contribution < 1.29 is 9.47 Å². The van der Waals surface area contributed by atoms with Crippen LogP contribution in [0, 0.1) is 0 Å². The molecule has 0 aliphatic carbocycles. The first-order valence-corrected chi connectivity index (χ1v) is 9.66. The van der Waals surface area contributed by atoms with Gasteiger partial charge >= 0.3 is 0 Å². The Morgan fingerprint density at radius 2 is 1.85 bits per heavy atom. The molecule has 2 aromatic rings. The van der Waals surface area contributed by atoms with Crippen LogP contribution in [0.15, 0.2) is 36.5 Å². The van der Waals surface area contributed by atoms with E-state index in [4.69, 9.17) is 9.47 Å². The molecule has 5 heteroatoms. The van der Waals surface area contributed by atoms with Gasteiger partial charge in [-0.3, -0.25) is 9.88 Å². The molecule has 1 aliphatic heterocycles. The lowest BCUT2D eigenvalue weighted by Gasteiger charge is -2.36. The summed E-state index contributed by atoms with van der Waals surface area (Å²) in [4.78, 5) is 9.29. The highest BCUT2D eigenvalue weighted by Crippen LogP contribution is 2.35. The van der Waals surface area contributed by atoms with E-state index in [2.05, 4.69) is 53.1 Å². The van der Waals surface area contributed by atoms with Crippen LogP contribution < -0.4 is 9.47 Å². The topological polar surface area (TPSA) is 37.8 Å². The van der Waals surface area contributed by atoms with E-state index >= 15 is 0 Å². The molecule has 3 rings (SSSR count). The Kier molecular flexibility index (Phi) is 6.69. The van der Waals surface area contributed by atoms with Crippen molar-refractivity contribution in [3.63, 3.8) is 0 Å². The fraction of sp³-hybridized carbons (Fsp3) is 0.500. The summed E-state index contributed by atoms with van der Waals surface area (Å²) in [7, 11) is 7.55. The molecule has 27 heavy (non-hydrogen) atoms. The zero-order valence-corrected chi connectivity index (χ0v) is 16.9. The molecule has 0 spiro atoms. The van der Waals surface area contributed by atoms with Gasteiger partial charge in [-0.1, -0.05) is 30.7 Å². The van der Waals surface area contributed by atoms with E-state index in [1.54, 1.807) is 20.4 Å². The Bertz CT molecular complexity index is 731. The van der Waals surface area contributed by atoms with Crippen LogP contribution in [0.5, 0.6) is 11.5 Å². The van der Waals surface area contributed by atoms with E-state index in [1.807, 2.05) is 6.07 Å². The minimum absolute atomic E-state index is 0.421. The Morgan fingerprint density at radius 1 is 1.07 bits per heavy atom. The summed E-state index contributed by atoms with van der Waals surface area (Å²) in [6.45, 7) is 2.82. The first-order valence-electron chi connectivity index (χ1n) is 9.66. The summed E-state index contributed by atoms with van der Waals surface area (Å²) >= 11 is 0. The Labute approximate surface area is 162 Å². The second kappa shape index (κ2) is 9.20. The van der Waals surface area contributed by atoms with Gasteiger partial charge in [-0.25, -0.2) is 0 Å². The van der Waals surface area contributed by atoms with Crippen LogP contribution in [0.3, 0.4) is 0 Å². The van der Waals surface area contributed by atoms with Gasteiger partial charge < -0.3 is 14.4 Å². The van der Waals surface area contributed by atoms with Gasteiger partial charge in [0.2, 0.25) is 0 Å². The SMILES string of the molecule is COc1ccnc(CN2CCCC[C@H]2c2ccc(CN(C)C)cc2)c1OC. The Balaban J connectivity index is 1.80. The summed E-state index contributed by atoms with van der Waals surface area (Å²) in [5, 5.41) is 0. The van der Waals surface area contributed by atoms with Gasteiger partial charge in [0.15, 0.2) is 11.5 Å². The van der Waals surface area contributed by atoms with Crippen LogP contribution in [0.4, 0.5) is 0 Å². The van der Waals surface area contributed by atoms with Gasteiger partial charge in [0.1, 0.15) is 5.69 Å². The predicted octanol–water partition coefficient (Wildman–Crippen LogP) is 3.89. The zero-order valence-electron chi connectivity index (χ0n) is 16.9. The molecule has 1 atom stereocenters. The first-order chi connectivity index (χ1) is 13.1. The molecule has 0 saturated carbocycles. The van der Waals surface area contributed by atoms with Crippen molar-refractivity contribution in [3.8, 4) is 11.5 Å². The average Bonchev–Trinajstić information content (AvgIpc) is 2.68. The quantitative estimate of drug-likeness (QED) is 0.740. The molecule has 0 radical (unpaired) electrons. The highest BCUT2D eigenvalue weighted by molar-refractivity contribution is 5.42. The van der Waals surface area contributed by atoms with Crippen molar-refractivity contribution in [1.29, 1.82) is 0 Å². The molecular formula is C22H31N3O2. The first kappa shape index (κ1) is 19.6. The molecule has 0 bridgehead atoms. The molecule has 5 nitrogen and oxygen atoms in total. The van der Waals surface area contributed by atoms with E-state index in [-0.39, 0.29) is 0 Å². The van der Waals surface area contributed by atoms with Crippen molar-refractivity contribution in [2.24, 2.45) is 0 Å². The number of pyridine rings is 1. The van der Waals surface area contributed by atoms with Gasteiger partial charge in [0.05, 0.1) is 14.2 Å². The van der Waals surface area contributed by atoms with Gasteiger partial charge in [-0.15, -0.1) is 0 Å². The minimum atomic E-state index is 0.421. The molecule has 1 aliphatic rings. The number of ether oxygens (including phenoxy) is 2. The van der Waals surface area contributed by atoms with Crippen molar-refractivity contribution >= 4 is 0 Å². The average molecular weight is 370 g/mol. The molecule has 1 fully saturated rings. The fourth-order valence-electron chi connectivity index (χ4n) is 3.92. The Morgan fingerprint density at radius 3 is 2.52 bits per heavy atom. The Hall–Kier alpha value is -2.11. The van der Waals surface area contributed by atoms with Crippen LogP contribution >= 0.6 is 0 Å². The molecule has 1 aromatic heterocycles. The minimum Gasteiger partial charge on any atom is -0.493 e. The smallest absolute Gasteiger partial charge is 0.183 e. The third kappa shape index (κ3) is 4.79. The predicted molar refractivity (Wildman–Crippen MR) is 108 cm³/mol. The van der Waals surface area contributed by atoms with E-state index in [9.17, 15) is 0 Å². The lowest BCUT2D eigenvalue weighted by Crippen LogP contribution is -2.33. The maximum atomic E-state index is 5.58. The van der Waals surface area contributed by atoms with E-state index in [1.165, 1.54) is 30.4 Å². The van der Waals surface area contributed by atoms with Crippen molar-refractivity contribution in [2.45, 2.75) is 38.4 Å². The number of piperidine rings is 1. The monoisotopic (exact) mass is 369 g/mol. The van der Waals surface area contributed by atoms with Crippen LogP contribution in [0.2, 0.25) is 0 Å². The third-order valence-electron chi connectivity index (χ3n) is 5.20. The van der Waals surface area contributed by atoms with Crippen LogP contribution in [0.1, 0.15) is 42.1 Å². The lowest BCUT2D eigenvalue weighted by atomic mass is 9.94. The van der Waals surface area contributed by atoms with Crippen molar-refractivity contribution in [2.75, 3.05) is 34.9 Å². The number of likely N-dealkylation sites (tertiary alicyclic amines) is 1. The number of nitrogens with zero attached hydrogens (tertiary/aromatic N) is 3. The summed E-state index contributed by atoms with van der Waals surface area (Å²) in [6.07, 6.45) is 5.47. The molecule has 0 N–H and O–H groups in total. The lowest BCUT2D eigenvalue weighted by molar-refractivity contribution is 0.137. The highest BCUT2D eigenvalue weighted by Gasteiger charge is 2.26. The summed E-state index contributed by atoms with van der Waals surface area (Å²) < 4.78 is 11.0. The van der Waals surface area contributed by atoms with Gasteiger partial charge in [-0.05, 0) is 44.6 Å². The fourth-order valence-corrected chi connectivity index (χ4v) is 3.92. The van der Waals surface area contributed by atoms with Gasteiger partial charge in [0.25, 0.3) is 0 Å². The largest absolute Gasteiger partial charge is 0.493 e.